The van der Waals surface area contributed by atoms with E-state index in [1.54, 1.807) is 10.9 Å². The van der Waals surface area contributed by atoms with Gasteiger partial charge in [-0.3, -0.25) is 9.59 Å². The van der Waals surface area contributed by atoms with Crippen LogP contribution in [0.25, 0.3) is 5.69 Å². The van der Waals surface area contributed by atoms with Crippen molar-refractivity contribution in [3.63, 3.8) is 0 Å². The van der Waals surface area contributed by atoms with E-state index in [2.05, 4.69) is 10.4 Å². The molecule has 2 amide bonds. The second-order valence-electron chi connectivity index (χ2n) is 6.49. The maximum Gasteiger partial charge on any atom is 0.254 e. The number of halogens is 1. The molecular formula is C19H26ClN5O2. The Morgan fingerprint density at radius 3 is 2.67 bits per heavy atom. The number of nitrogens with one attached hydrogen (secondary N) is 1. The van der Waals surface area contributed by atoms with Gasteiger partial charge in [0.05, 0.1) is 5.69 Å². The fourth-order valence-electron chi connectivity index (χ4n) is 3.28. The standard InChI is InChI=1S/C19H25N5O2.ClH/c20-10-9-18(25)21-14-17-4-1-2-12-23(17)19(26)15-5-7-16(8-6-15)24-13-3-11-22-24;/h3,5-8,11,13,17H,1-2,4,9-10,12,14,20H2,(H,21,25);1H. The highest BCUT2D eigenvalue weighted by molar-refractivity contribution is 5.94. The molecule has 7 nitrogen and oxygen atoms in total. The summed E-state index contributed by atoms with van der Waals surface area (Å²) in [6, 6.07) is 9.33. The first-order valence-electron chi connectivity index (χ1n) is 9.07. The normalized spacial score (nSPS) is 16.5. The average Bonchev–Trinajstić information content (AvgIpc) is 3.21. The molecular weight excluding hydrogens is 366 g/mol. The Morgan fingerprint density at radius 1 is 1.22 bits per heavy atom. The fourth-order valence-corrected chi connectivity index (χ4v) is 3.28. The molecule has 0 spiro atoms. The first kappa shape index (κ1) is 20.9. The van der Waals surface area contributed by atoms with E-state index in [0.717, 1.165) is 31.5 Å². The summed E-state index contributed by atoms with van der Waals surface area (Å²) >= 11 is 0. The largest absolute Gasteiger partial charge is 0.354 e. The zero-order valence-electron chi connectivity index (χ0n) is 15.2. The van der Waals surface area contributed by atoms with Crippen LogP contribution in [0.2, 0.25) is 0 Å². The third-order valence-corrected chi connectivity index (χ3v) is 4.68. The number of hydrogen-bond donors (Lipinski definition) is 2. The fraction of sp³-hybridized carbons (Fsp3) is 0.421. The predicted molar refractivity (Wildman–Crippen MR) is 106 cm³/mol. The summed E-state index contributed by atoms with van der Waals surface area (Å²) in [4.78, 5) is 26.5. The van der Waals surface area contributed by atoms with Crippen LogP contribution in [0.1, 0.15) is 36.0 Å². The van der Waals surface area contributed by atoms with Crippen molar-refractivity contribution in [1.29, 1.82) is 0 Å². The maximum atomic E-state index is 12.9. The van der Waals surface area contributed by atoms with Crippen LogP contribution >= 0.6 is 12.4 Å². The topological polar surface area (TPSA) is 93.3 Å². The van der Waals surface area contributed by atoms with E-state index in [9.17, 15) is 9.59 Å². The highest BCUT2D eigenvalue weighted by Gasteiger charge is 2.27. The highest BCUT2D eigenvalue weighted by Crippen LogP contribution is 2.20. The van der Waals surface area contributed by atoms with Crippen LogP contribution in [0.3, 0.4) is 0 Å². The van der Waals surface area contributed by atoms with E-state index in [-0.39, 0.29) is 30.3 Å². The Bertz CT molecular complexity index is 733. The molecule has 0 radical (unpaired) electrons. The van der Waals surface area contributed by atoms with Crippen LogP contribution in [-0.2, 0) is 4.79 Å². The lowest BCUT2D eigenvalue weighted by molar-refractivity contribution is -0.121. The molecule has 27 heavy (non-hydrogen) atoms. The summed E-state index contributed by atoms with van der Waals surface area (Å²) in [5.41, 5.74) is 6.97. The van der Waals surface area contributed by atoms with Gasteiger partial charge in [0, 0.05) is 50.1 Å². The third-order valence-electron chi connectivity index (χ3n) is 4.68. The average molecular weight is 392 g/mol. The quantitative estimate of drug-likeness (QED) is 0.784. The summed E-state index contributed by atoms with van der Waals surface area (Å²) in [6.07, 6.45) is 6.86. The minimum atomic E-state index is -0.0611. The number of hydrogen-bond acceptors (Lipinski definition) is 4. The van der Waals surface area contributed by atoms with Gasteiger partial charge in [0.25, 0.3) is 5.91 Å². The lowest BCUT2D eigenvalue weighted by atomic mass is 10.0. The molecule has 1 aliphatic rings. The Kier molecular flexibility index (Phi) is 7.82. The molecule has 0 saturated carbocycles. The molecule has 1 atom stereocenters. The minimum Gasteiger partial charge on any atom is -0.354 e. The summed E-state index contributed by atoms with van der Waals surface area (Å²) in [6.45, 7) is 1.54. The van der Waals surface area contributed by atoms with Crippen molar-refractivity contribution in [3.8, 4) is 5.69 Å². The van der Waals surface area contributed by atoms with Crippen molar-refractivity contribution in [2.45, 2.75) is 31.7 Å². The molecule has 3 rings (SSSR count). The molecule has 1 saturated heterocycles. The molecule has 2 aromatic rings. The first-order valence-corrected chi connectivity index (χ1v) is 9.07. The van der Waals surface area contributed by atoms with Gasteiger partial charge in [-0.2, -0.15) is 5.10 Å². The number of rotatable bonds is 6. The summed E-state index contributed by atoms with van der Waals surface area (Å²) in [7, 11) is 0. The molecule has 1 fully saturated rings. The molecule has 146 valence electrons. The lowest BCUT2D eigenvalue weighted by Gasteiger charge is -2.36. The van der Waals surface area contributed by atoms with Crippen molar-refractivity contribution in [3.05, 3.63) is 48.3 Å². The number of carbonyl (C=O) groups is 2. The number of carbonyl (C=O) groups excluding carboxylic acids is 2. The van der Waals surface area contributed by atoms with Crippen molar-refractivity contribution in [1.82, 2.24) is 20.0 Å². The Morgan fingerprint density at radius 2 is 2.00 bits per heavy atom. The van der Waals surface area contributed by atoms with Gasteiger partial charge in [-0.15, -0.1) is 12.4 Å². The van der Waals surface area contributed by atoms with E-state index < -0.39 is 0 Å². The monoisotopic (exact) mass is 391 g/mol. The van der Waals surface area contributed by atoms with Crippen LogP contribution in [-0.4, -0.2) is 52.2 Å². The van der Waals surface area contributed by atoms with Crippen LogP contribution in [0.5, 0.6) is 0 Å². The van der Waals surface area contributed by atoms with Crippen LogP contribution < -0.4 is 11.1 Å². The molecule has 1 aliphatic heterocycles. The Labute approximate surface area is 165 Å². The molecule has 0 bridgehead atoms. The summed E-state index contributed by atoms with van der Waals surface area (Å²) in [5.74, 6) is -0.0520. The molecule has 1 aromatic heterocycles. The smallest absolute Gasteiger partial charge is 0.254 e. The predicted octanol–water partition coefficient (Wildman–Crippen LogP) is 1.75. The van der Waals surface area contributed by atoms with Gasteiger partial charge in [0.2, 0.25) is 5.91 Å². The van der Waals surface area contributed by atoms with Crippen molar-refractivity contribution >= 4 is 24.2 Å². The zero-order chi connectivity index (χ0) is 18.4. The van der Waals surface area contributed by atoms with Crippen LogP contribution in [0, 0.1) is 0 Å². The van der Waals surface area contributed by atoms with E-state index in [0.29, 0.717) is 25.1 Å². The summed E-state index contributed by atoms with van der Waals surface area (Å²) in [5, 5.41) is 7.08. The van der Waals surface area contributed by atoms with Crippen LogP contribution in [0.15, 0.2) is 42.7 Å². The van der Waals surface area contributed by atoms with Gasteiger partial charge in [-0.25, -0.2) is 4.68 Å². The van der Waals surface area contributed by atoms with E-state index in [4.69, 9.17) is 5.73 Å². The van der Waals surface area contributed by atoms with Gasteiger partial charge in [-0.1, -0.05) is 0 Å². The van der Waals surface area contributed by atoms with Crippen molar-refractivity contribution in [2.75, 3.05) is 19.6 Å². The molecule has 8 heteroatoms. The van der Waals surface area contributed by atoms with Gasteiger partial charge in [0.15, 0.2) is 0 Å². The zero-order valence-corrected chi connectivity index (χ0v) is 16.0. The Hall–Kier alpha value is -2.38. The number of likely N-dealkylation sites (tertiary alicyclic amines) is 1. The van der Waals surface area contributed by atoms with E-state index in [1.165, 1.54) is 0 Å². The lowest BCUT2D eigenvalue weighted by Crippen LogP contribution is -2.49. The SMILES string of the molecule is Cl.NCCC(=O)NCC1CCCCN1C(=O)c1ccc(-n2cccn2)cc1. The van der Waals surface area contributed by atoms with E-state index >= 15 is 0 Å². The molecule has 2 heterocycles. The minimum absolute atomic E-state index is 0. The summed E-state index contributed by atoms with van der Waals surface area (Å²) < 4.78 is 1.75. The number of nitrogens with zero attached hydrogens (tertiary/aromatic N) is 3. The van der Waals surface area contributed by atoms with Crippen molar-refractivity contribution < 1.29 is 9.59 Å². The maximum absolute atomic E-state index is 12.9. The first-order chi connectivity index (χ1) is 12.7. The second-order valence-corrected chi connectivity index (χ2v) is 6.49. The third kappa shape index (κ3) is 5.30. The van der Waals surface area contributed by atoms with Gasteiger partial charge in [-0.05, 0) is 49.6 Å². The number of benzene rings is 1. The Balaban J connectivity index is 0.00000261. The van der Waals surface area contributed by atoms with E-state index in [1.807, 2.05) is 41.4 Å². The van der Waals surface area contributed by atoms with Crippen molar-refractivity contribution in [2.24, 2.45) is 5.73 Å². The van der Waals surface area contributed by atoms with Gasteiger partial charge >= 0.3 is 0 Å². The number of aromatic nitrogens is 2. The molecule has 3 N–H and O–H groups in total. The number of amides is 2. The number of nitrogens with two attached hydrogens (primary N) is 1. The van der Waals surface area contributed by atoms with Gasteiger partial charge in [0.1, 0.15) is 0 Å². The van der Waals surface area contributed by atoms with Gasteiger partial charge < -0.3 is 16.0 Å². The molecule has 1 aromatic carbocycles. The van der Waals surface area contributed by atoms with Crippen LogP contribution in [0.4, 0.5) is 0 Å². The second kappa shape index (κ2) is 10.1. The molecule has 1 unspecified atom stereocenters. The molecule has 0 aliphatic carbocycles. The number of piperidine rings is 1. The highest BCUT2D eigenvalue weighted by atomic mass is 35.5.